The molecule has 28 heavy (non-hydrogen) atoms. The minimum atomic E-state index is -0.0545. The van der Waals surface area contributed by atoms with Gasteiger partial charge in [-0.2, -0.15) is 0 Å². The van der Waals surface area contributed by atoms with E-state index < -0.39 is 0 Å². The number of nitrogens with zero attached hydrogens (tertiary/aromatic N) is 3. The number of piperidine rings is 1. The van der Waals surface area contributed by atoms with Gasteiger partial charge in [-0.25, -0.2) is 4.98 Å². The Morgan fingerprint density at radius 3 is 2.79 bits per heavy atom. The number of aryl methyl sites for hydroxylation is 1. The summed E-state index contributed by atoms with van der Waals surface area (Å²) >= 11 is 0. The van der Waals surface area contributed by atoms with Crippen molar-refractivity contribution in [2.45, 2.75) is 38.7 Å². The highest BCUT2D eigenvalue weighted by atomic mass is 16.5. The number of pyridine rings is 1. The van der Waals surface area contributed by atoms with Gasteiger partial charge in [0.15, 0.2) is 0 Å². The van der Waals surface area contributed by atoms with Crippen molar-refractivity contribution < 1.29 is 14.3 Å². The highest BCUT2D eigenvalue weighted by Gasteiger charge is 2.35. The van der Waals surface area contributed by atoms with Gasteiger partial charge in [-0.15, -0.1) is 0 Å². The molecule has 2 saturated heterocycles. The van der Waals surface area contributed by atoms with Gasteiger partial charge in [-0.3, -0.25) is 9.59 Å². The SMILES string of the molecule is CC(=O)N1CCC[C@@H](c2cccnc2OC2CN(C(=O)c3cc(C)c[nH]3)C2)C1. The summed E-state index contributed by atoms with van der Waals surface area (Å²) in [5.41, 5.74) is 2.71. The van der Waals surface area contributed by atoms with Crippen molar-refractivity contribution in [2.75, 3.05) is 26.2 Å². The predicted octanol–water partition coefficient (Wildman–Crippen LogP) is 2.35. The molecular weight excluding hydrogens is 356 g/mol. The molecule has 0 aliphatic carbocycles. The van der Waals surface area contributed by atoms with E-state index in [4.69, 9.17) is 4.74 Å². The van der Waals surface area contributed by atoms with Crippen molar-refractivity contribution in [1.82, 2.24) is 19.8 Å². The second-order valence-corrected chi connectivity index (χ2v) is 7.74. The average molecular weight is 382 g/mol. The fourth-order valence-electron chi connectivity index (χ4n) is 3.96. The monoisotopic (exact) mass is 382 g/mol. The Morgan fingerprint density at radius 1 is 1.25 bits per heavy atom. The summed E-state index contributed by atoms with van der Waals surface area (Å²) in [4.78, 5) is 35.3. The molecule has 2 aromatic rings. The van der Waals surface area contributed by atoms with E-state index in [2.05, 4.69) is 9.97 Å². The molecule has 0 spiro atoms. The normalized spacial score (nSPS) is 20.0. The van der Waals surface area contributed by atoms with Gasteiger partial charge in [0, 0.05) is 43.9 Å². The van der Waals surface area contributed by atoms with E-state index in [9.17, 15) is 9.59 Å². The smallest absolute Gasteiger partial charge is 0.270 e. The fraction of sp³-hybridized carbons (Fsp3) is 0.476. The third-order valence-corrected chi connectivity index (χ3v) is 5.58. The number of aromatic nitrogens is 2. The number of hydrogen-bond acceptors (Lipinski definition) is 4. The molecule has 0 aromatic carbocycles. The van der Waals surface area contributed by atoms with Crippen molar-refractivity contribution >= 4 is 11.8 Å². The molecule has 0 saturated carbocycles. The maximum Gasteiger partial charge on any atom is 0.270 e. The zero-order valence-corrected chi connectivity index (χ0v) is 16.4. The Balaban J connectivity index is 1.39. The molecule has 0 radical (unpaired) electrons. The number of likely N-dealkylation sites (tertiary alicyclic amines) is 2. The van der Waals surface area contributed by atoms with Gasteiger partial charge in [0.05, 0.1) is 13.1 Å². The number of hydrogen-bond donors (Lipinski definition) is 1. The molecule has 2 aliphatic heterocycles. The van der Waals surface area contributed by atoms with E-state index in [0.717, 1.165) is 30.5 Å². The predicted molar refractivity (Wildman–Crippen MR) is 104 cm³/mol. The van der Waals surface area contributed by atoms with Gasteiger partial charge in [0.25, 0.3) is 5.91 Å². The van der Waals surface area contributed by atoms with Crippen LogP contribution in [0.25, 0.3) is 0 Å². The van der Waals surface area contributed by atoms with E-state index in [-0.39, 0.29) is 23.8 Å². The summed E-state index contributed by atoms with van der Waals surface area (Å²) in [6, 6.07) is 5.82. The molecule has 148 valence electrons. The second-order valence-electron chi connectivity index (χ2n) is 7.74. The van der Waals surface area contributed by atoms with Crippen LogP contribution in [-0.2, 0) is 4.79 Å². The molecule has 2 fully saturated rings. The quantitative estimate of drug-likeness (QED) is 0.880. The minimum Gasteiger partial charge on any atom is -0.470 e. The van der Waals surface area contributed by atoms with Crippen molar-refractivity contribution in [2.24, 2.45) is 0 Å². The van der Waals surface area contributed by atoms with Gasteiger partial charge in [-0.05, 0) is 37.5 Å². The van der Waals surface area contributed by atoms with Gasteiger partial charge in [0.1, 0.15) is 11.8 Å². The highest BCUT2D eigenvalue weighted by molar-refractivity contribution is 5.93. The lowest BCUT2D eigenvalue weighted by atomic mass is 9.91. The third kappa shape index (κ3) is 3.74. The van der Waals surface area contributed by atoms with E-state index in [1.165, 1.54) is 0 Å². The number of rotatable bonds is 4. The fourth-order valence-corrected chi connectivity index (χ4v) is 3.96. The van der Waals surface area contributed by atoms with Crippen LogP contribution in [0.4, 0.5) is 0 Å². The van der Waals surface area contributed by atoms with Crippen LogP contribution in [0, 0.1) is 6.92 Å². The topological polar surface area (TPSA) is 78.5 Å². The minimum absolute atomic E-state index is 0.00132. The van der Waals surface area contributed by atoms with Gasteiger partial charge >= 0.3 is 0 Å². The second kappa shape index (κ2) is 7.66. The van der Waals surface area contributed by atoms with Crippen molar-refractivity contribution in [3.63, 3.8) is 0 Å². The van der Waals surface area contributed by atoms with Crippen molar-refractivity contribution in [3.8, 4) is 5.88 Å². The number of ether oxygens (including phenoxy) is 1. The van der Waals surface area contributed by atoms with Gasteiger partial charge in [-0.1, -0.05) is 6.07 Å². The first-order chi connectivity index (χ1) is 13.5. The first kappa shape index (κ1) is 18.5. The number of carbonyl (C=O) groups is 2. The number of nitrogens with one attached hydrogen (secondary N) is 1. The third-order valence-electron chi connectivity index (χ3n) is 5.58. The van der Waals surface area contributed by atoms with Gasteiger partial charge in [0.2, 0.25) is 11.8 Å². The van der Waals surface area contributed by atoms with Crippen LogP contribution in [0.5, 0.6) is 5.88 Å². The maximum atomic E-state index is 12.4. The Labute approximate surface area is 164 Å². The molecule has 1 N–H and O–H groups in total. The summed E-state index contributed by atoms with van der Waals surface area (Å²) in [7, 11) is 0. The molecule has 2 aromatic heterocycles. The molecular formula is C21H26N4O3. The van der Waals surface area contributed by atoms with E-state index in [1.54, 1.807) is 18.0 Å². The summed E-state index contributed by atoms with van der Waals surface area (Å²) in [5, 5.41) is 0. The van der Waals surface area contributed by atoms with Crippen LogP contribution in [0.2, 0.25) is 0 Å². The molecule has 2 amide bonds. The first-order valence-electron chi connectivity index (χ1n) is 9.82. The Morgan fingerprint density at radius 2 is 2.07 bits per heavy atom. The highest BCUT2D eigenvalue weighted by Crippen LogP contribution is 2.33. The Bertz CT molecular complexity index is 872. The van der Waals surface area contributed by atoms with Crippen LogP contribution in [0.1, 0.15) is 47.3 Å². The molecule has 1 atom stereocenters. The van der Waals surface area contributed by atoms with Crippen molar-refractivity contribution in [1.29, 1.82) is 0 Å². The summed E-state index contributed by atoms with van der Waals surface area (Å²) < 4.78 is 6.13. The molecule has 4 heterocycles. The number of H-pyrrole nitrogens is 1. The lowest BCUT2D eigenvalue weighted by molar-refractivity contribution is -0.130. The van der Waals surface area contributed by atoms with Crippen LogP contribution < -0.4 is 4.74 Å². The molecule has 7 nitrogen and oxygen atoms in total. The standard InChI is InChI=1S/C21H26N4O3/c1-14-9-19(23-10-14)21(27)25-12-17(13-25)28-20-18(6-3-7-22-20)16-5-4-8-24(11-16)15(2)26/h3,6-7,9-10,16-17,23H,4-5,8,11-13H2,1-2H3/t16-/m1/s1. The number of aromatic amines is 1. The van der Waals surface area contributed by atoms with Crippen LogP contribution in [0.3, 0.4) is 0 Å². The van der Waals surface area contributed by atoms with Crippen LogP contribution >= 0.6 is 0 Å². The van der Waals surface area contributed by atoms with Gasteiger partial charge < -0.3 is 19.5 Å². The summed E-state index contributed by atoms with van der Waals surface area (Å²) in [6.45, 7) is 6.21. The number of amides is 2. The Kier molecular flexibility index (Phi) is 5.07. The molecule has 0 unspecified atom stereocenters. The van der Waals surface area contributed by atoms with E-state index in [1.807, 2.05) is 36.2 Å². The summed E-state index contributed by atoms with van der Waals surface area (Å²) in [6.07, 6.45) is 5.51. The zero-order chi connectivity index (χ0) is 19.7. The zero-order valence-electron chi connectivity index (χ0n) is 16.4. The molecule has 4 rings (SSSR count). The molecule has 0 bridgehead atoms. The lowest BCUT2D eigenvalue weighted by Gasteiger charge is -2.39. The lowest BCUT2D eigenvalue weighted by Crippen LogP contribution is -2.56. The summed E-state index contributed by atoms with van der Waals surface area (Å²) in [5.74, 6) is 0.981. The first-order valence-corrected chi connectivity index (χ1v) is 9.82. The molecule has 7 heteroatoms. The largest absolute Gasteiger partial charge is 0.470 e. The van der Waals surface area contributed by atoms with Crippen LogP contribution in [-0.4, -0.2) is 63.9 Å². The maximum absolute atomic E-state index is 12.4. The van der Waals surface area contributed by atoms with Crippen LogP contribution in [0.15, 0.2) is 30.6 Å². The molecule has 2 aliphatic rings. The van der Waals surface area contributed by atoms with E-state index >= 15 is 0 Å². The van der Waals surface area contributed by atoms with E-state index in [0.29, 0.717) is 31.2 Å². The number of carbonyl (C=O) groups excluding carboxylic acids is 2. The average Bonchev–Trinajstić information content (AvgIpc) is 3.10. The Hall–Kier alpha value is -2.83. The van der Waals surface area contributed by atoms with Crippen molar-refractivity contribution in [3.05, 3.63) is 47.4 Å².